The maximum absolute atomic E-state index is 12.0. The van der Waals surface area contributed by atoms with Crippen LogP contribution >= 0.6 is 23.1 Å². The van der Waals surface area contributed by atoms with Crippen LogP contribution in [-0.4, -0.2) is 22.6 Å². The fourth-order valence-electron chi connectivity index (χ4n) is 2.20. The summed E-state index contributed by atoms with van der Waals surface area (Å²) in [5, 5.41) is 5.60. The molecule has 7 heteroatoms. The van der Waals surface area contributed by atoms with Crippen molar-refractivity contribution in [2.75, 3.05) is 11.1 Å². The molecule has 1 aromatic heterocycles. The lowest BCUT2D eigenvalue weighted by atomic mass is 10.2. The lowest BCUT2D eigenvalue weighted by Crippen LogP contribution is -2.24. The van der Waals surface area contributed by atoms with Crippen molar-refractivity contribution < 1.29 is 9.59 Å². The molecule has 5 nitrogen and oxygen atoms in total. The Bertz CT molecular complexity index is 858. The Morgan fingerprint density at radius 1 is 1.12 bits per heavy atom. The van der Waals surface area contributed by atoms with Crippen LogP contribution in [0.2, 0.25) is 0 Å². The van der Waals surface area contributed by atoms with Crippen LogP contribution in [0.25, 0.3) is 10.2 Å². The standard InChI is InChI=1S/C18H17N3O2S2/c1-12(22)20-14-8-6-13(7-9-14)10-19-17(23)11-24-18-21-15-4-2-3-5-16(15)25-18/h2-9H,10-11H2,1H3,(H,19,23)(H,20,22). The van der Waals surface area contributed by atoms with E-state index in [9.17, 15) is 9.59 Å². The van der Waals surface area contributed by atoms with Gasteiger partial charge in [-0.15, -0.1) is 11.3 Å². The van der Waals surface area contributed by atoms with Crippen molar-refractivity contribution in [3.63, 3.8) is 0 Å². The third-order valence-corrected chi connectivity index (χ3v) is 5.54. The van der Waals surface area contributed by atoms with Crippen LogP contribution < -0.4 is 10.6 Å². The van der Waals surface area contributed by atoms with E-state index in [0.717, 1.165) is 25.8 Å². The summed E-state index contributed by atoms with van der Waals surface area (Å²) < 4.78 is 2.03. The molecule has 0 saturated carbocycles. The fraction of sp³-hybridized carbons (Fsp3) is 0.167. The van der Waals surface area contributed by atoms with Gasteiger partial charge in [0, 0.05) is 19.2 Å². The number of thiazole rings is 1. The van der Waals surface area contributed by atoms with E-state index in [1.165, 1.54) is 18.7 Å². The summed E-state index contributed by atoms with van der Waals surface area (Å²) in [6.07, 6.45) is 0. The lowest BCUT2D eigenvalue weighted by molar-refractivity contribution is -0.118. The van der Waals surface area contributed by atoms with Gasteiger partial charge in [-0.3, -0.25) is 9.59 Å². The minimum Gasteiger partial charge on any atom is -0.351 e. The average molecular weight is 371 g/mol. The highest BCUT2D eigenvalue weighted by Gasteiger charge is 2.07. The maximum Gasteiger partial charge on any atom is 0.230 e. The Labute approximate surface area is 153 Å². The second-order valence-electron chi connectivity index (χ2n) is 5.39. The molecular weight excluding hydrogens is 354 g/mol. The molecule has 0 spiro atoms. The Morgan fingerprint density at radius 2 is 1.88 bits per heavy atom. The normalized spacial score (nSPS) is 10.6. The molecule has 0 aliphatic carbocycles. The SMILES string of the molecule is CC(=O)Nc1ccc(CNC(=O)CSc2nc3ccccc3s2)cc1. The summed E-state index contributed by atoms with van der Waals surface area (Å²) in [5.74, 6) is 0.201. The number of aromatic nitrogens is 1. The molecule has 0 aliphatic heterocycles. The number of nitrogens with zero attached hydrogens (tertiary/aromatic N) is 1. The summed E-state index contributed by atoms with van der Waals surface area (Å²) >= 11 is 3.04. The molecule has 2 N–H and O–H groups in total. The number of fused-ring (bicyclic) bond motifs is 1. The monoisotopic (exact) mass is 371 g/mol. The van der Waals surface area contributed by atoms with Crippen LogP contribution in [0.4, 0.5) is 5.69 Å². The quantitative estimate of drug-likeness (QED) is 0.649. The molecule has 0 bridgehead atoms. The summed E-state index contributed by atoms with van der Waals surface area (Å²) in [6, 6.07) is 15.3. The van der Waals surface area contributed by atoms with E-state index in [1.807, 2.05) is 48.5 Å². The summed E-state index contributed by atoms with van der Waals surface area (Å²) in [6.45, 7) is 1.93. The molecule has 2 amide bonds. The van der Waals surface area contributed by atoms with Crippen molar-refractivity contribution in [2.24, 2.45) is 0 Å². The van der Waals surface area contributed by atoms with Gasteiger partial charge in [-0.2, -0.15) is 0 Å². The van der Waals surface area contributed by atoms with Crippen molar-refractivity contribution in [3.8, 4) is 0 Å². The minimum absolute atomic E-state index is 0.0322. The third kappa shape index (κ3) is 5.04. The van der Waals surface area contributed by atoms with Gasteiger partial charge in [-0.25, -0.2) is 4.98 Å². The average Bonchev–Trinajstić information content (AvgIpc) is 3.02. The van der Waals surface area contributed by atoms with Crippen molar-refractivity contribution in [3.05, 3.63) is 54.1 Å². The molecule has 1 heterocycles. The van der Waals surface area contributed by atoms with Crippen molar-refractivity contribution in [1.29, 1.82) is 0 Å². The van der Waals surface area contributed by atoms with E-state index < -0.39 is 0 Å². The maximum atomic E-state index is 12.0. The Hall–Kier alpha value is -2.38. The smallest absolute Gasteiger partial charge is 0.230 e. The minimum atomic E-state index is -0.104. The number of nitrogens with one attached hydrogen (secondary N) is 2. The number of benzene rings is 2. The predicted octanol–water partition coefficient (Wildman–Crippen LogP) is 3.66. The molecule has 0 radical (unpaired) electrons. The van der Waals surface area contributed by atoms with Crippen LogP contribution in [0, 0.1) is 0 Å². The Morgan fingerprint density at radius 3 is 2.60 bits per heavy atom. The van der Waals surface area contributed by atoms with Gasteiger partial charge >= 0.3 is 0 Å². The summed E-state index contributed by atoms with van der Waals surface area (Å²) in [5.41, 5.74) is 2.69. The highest BCUT2D eigenvalue weighted by atomic mass is 32.2. The fourth-order valence-corrected chi connectivity index (χ4v) is 4.10. The second kappa shape index (κ2) is 8.13. The number of carbonyl (C=O) groups is 2. The number of hydrogen-bond donors (Lipinski definition) is 2. The van der Waals surface area contributed by atoms with E-state index in [2.05, 4.69) is 15.6 Å². The topological polar surface area (TPSA) is 71.1 Å². The molecule has 2 aromatic carbocycles. The molecule has 25 heavy (non-hydrogen) atoms. The number of anilines is 1. The van der Waals surface area contributed by atoms with Crippen LogP contribution in [0.5, 0.6) is 0 Å². The van der Waals surface area contributed by atoms with E-state index >= 15 is 0 Å². The van der Waals surface area contributed by atoms with Gasteiger partial charge in [0.05, 0.1) is 16.0 Å². The third-order valence-electron chi connectivity index (χ3n) is 3.36. The predicted molar refractivity (Wildman–Crippen MR) is 103 cm³/mol. The first-order chi connectivity index (χ1) is 12.1. The number of thioether (sulfide) groups is 1. The first kappa shape index (κ1) is 17.4. The van der Waals surface area contributed by atoms with Crippen LogP contribution in [0.1, 0.15) is 12.5 Å². The van der Waals surface area contributed by atoms with Gasteiger partial charge in [0.25, 0.3) is 0 Å². The highest BCUT2D eigenvalue weighted by Crippen LogP contribution is 2.29. The van der Waals surface area contributed by atoms with Gasteiger partial charge in [-0.1, -0.05) is 36.0 Å². The van der Waals surface area contributed by atoms with Gasteiger partial charge in [0.2, 0.25) is 11.8 Å². The number of amides is 2. The molecule has 3 aromatic rings. The Balaban J connectivity index is 1.47. The van der Waals surface area contributed by atoms with Crippen molar-refractivity contribution >= 4 is 50.8 Å². The zero-order chi connectivity index (χ0) is 17.6. The number of hydrogen-bond acceptors (Lipinski definition) is 5. The van der Waals surface area contributed by atoms with Gasteiger partial charge in [-0.05, 0) is 29.8 Å². The van der Waals surface area contributed by atoms with E-state index in [1.54, 1.807) is 11.3 Å². The summed E-state index contributed by atoms with van der Waals surface area (Å²) in [4.78, 5) is 27.5. The number of para-hydroxylation sites is 1. The zero-order valence-electron chi connectivity index (χ0n) is 13.6. The Kier molecular flexibility index (Phi) is 5.67. The number of rotatable bonds is 6. The second-order valence-corrected chi connectivity index (χ2v) is 7.64. The largest absolute Gasteiger partial charge is 0.351 e. The zero-order valence-corrected chi connectivity index (χ0v) is 15.2. The van der Waals surface area contributed by atoms with Gasteiger partial charge < -0.3 is 10.6 Å². The van der Waals surface area contributed by atoms with Crippen LogP contribution in [0.15, 0.2) is 52.9 Å². The first-order valence-corrected chi connectivity index (χ1v) is 9.52. The van der Waals surface area contributed by atoms with E-state index in [4.69, 9.17) is 0 Å². The molecule has 3 rings (SSSR count). The van der Waals surface area contributed by atoms with E-state index in [-0.39, 0.29) is 11.8 Å². The molecular formula is C18H17N3O2S2. The molecule has 0 aliphatic rings. The van der Waals surface area contributed by atoms with Crippen LogP contribution in [-0.2, 0) is 16.1 Å². The van der Waals surface area contributed by atoms with Gasteiger partial charge in [0.1, 0.15) is 0 Å². The molecule has 128 valence electrons. The number of carbonyl (C=O) groups excluding carboxylic acids is 2. The molecule has 0 fully saturated rings. The highest BCUT2D eigenvalue weighted by molar-refractivity contribution is 8.01. The van der Waals surface area contributed by atoms with Crippen molar-refractivity contribution in [2.45, 2.75) is 17.8 Å². The molecule has 0 saturated heterocycles. The molecule has 0 atom stereocenters. The van der Waals surface area contributed by atoms with E-state index in [0.29, 0.717) is 12.3 Å². The first-order valence-electron chi connectivity index (χ1n) is 7.72. The van der Waals surface area contributed by atoms with Gasteiger partial charge in [0.15, 0.2) is 4.34 Å². The van der Waals surface area contributed by atoms with Crippen LogP contribution in [0.3, 0.4) is 0 Å². The lowest BCUT2D eigenvalue weighted by Gasteiger charge is -2.06. The van der Waals surface area contributed by atoms with Crippen molar-refractivity contribution in [1.82, 2.24) is 10.3 Å². The molecule has 0 unspecified atom stereocenters. The summed E-state index contributed by atoms with van der Waals surface area (Å²) in [7, 11) is 0.